The van der Waals surface area contributed by atoms with E-state index in [2.05, 4.69) is 25.8 Å². The number of aromatic nitrogens is 4. The van der Waals surface area contributed by atoms with Gasteiger partial charge in [-0.15, -0.1) is 0 Å². The fourth-order valence-electron chi connectivity index (χ4n) is 3.09. The number of hydrogen-bond acceptors (Lipinski definition) is 5. The van der Waals surface area contributed by atoms with Crippen molar-refractivity contribution in [1.82, 2.24) is 24.8 Å². The molecule has 5 rings (SSSR count). The Bertz CT molecular complexity index is 1360. The molecule has 8 heteroatoms. The van der Waals surface area contributed by atoms with Gasteiger partial charge in [0.25, 0.3) is 5.91 Å². The van der Waals surface area contributed by atoms with E-state index in [-0.39, 0.29) is 11.5 Å². The summed E-state index contributed by atoms with van der Waals surface area (Å²) in [6.45, 7) is 0. The average Bonchev–Trinajstić information content (AvgIpc) is 3.21. The maximum Gasteiger partial charge on any atom is 0.289 e. The number of hydrazine groups is 1. The molecule has 3 aromatic heterocycles. The van der Waals surface area contributed by atoms with Gasteiger partial charge >= 0.3 is 0 Å². The van der Waals surface area contributed by atoms with Crippen LogP contribution in [0, 0.1) is 5.82 Å². The van der Waals surface area contributed by atoms with Gasteiger partial charge in [0.05, 0.1) is 33.8 Å². The Morgan fingerprint density at radius 1 is 0.929 bits per heavy atom. The topological polar surface area (TPSA) is 84.2 Å². The van der Waals surface area contributed by atoms with Crippen molar-refractivity contribution in [2.45, 2.75) is 0 Å². The lowest BCUT2D eigenvalue weighted by atomic mass is 10.3. The third-order valence-corrected chi connectivity index (χ3v) is 4.40. The van der Waals surface area contributed by atoms with E-state index < -0.39 is 5.91 Å². The van der Waals surface area contributed by atoms with E-state index in [0.29, 0.717) is 22.4 Å². The Hall–Kier alpha value is -4.07. The van der Waals surface area contributed by atoms with Gasteiger partial charge in [0.15, 0.2) is 5.82 Å². The highest BCUT2D eigenvalue weighted by Gasteiger charge is 2.12. The Morgan fingerprint density at radius 3 is 2.68 bits per heavy atom. The predicted molar refractivity (Wildman–Crippen MR) is 103 cm³/mol. The number of carbonyl (C=O) groups excluding carboxylic acids is 1. The molecule has 0 aliphatic heterocycles. The first-order valence-corrected chi connectivity index (χ1v) is 8.53. The number of amides is 1. The third kappa shape index (κ3) is 2.67. The summed E-state index contributed by atoms with van der Waals surface area (Å²) in [5.74, 6) is -0.442. The van der Waals surface area contributed by atoms with Crippen LogP contribution >= 0.6 is 0 Å². The molecule has 0 bridgehead atoms. The van der Waals surface area contributed by atoms with Crippen molar-refractivity contribution < 1.29 is 9.18 Å². The SMILES string of the molecule is O=C(NNc1nc2cc(F)ccc2n2cccc12)c1cnc2ccccc2n1. The number of hydrogen-bond donors (Lipinski definition) is 2. The number of halogens is 1. The summed E-state index contributed by atoms with van der Waals surface area (Å²) in [5, 5.41) is 0. The molecular weight excluding hydrogens is 359 g/mol. The zero-order valence-corrected chi connectivity index (χ0v) is 14.4. The van der Waals surface area contributed by atoms with Crippen LogP contribution in [0.2, 0.25) is 0 Å². The summed E-state index contributed by atoms with van der Waals surface area (Å²) >= 11 is 0. The van der Waals surface area contributed by atoms with Crippen LogP contribution < -0.4 is 10.9 Å². The van der Waals surface area contributed by atoms with Gasteiger partial charge in [-0.25, -0.2) is 14.4 Å². The highest BCUT2D eigenvalue weighted by molar-refractivity contribution is 5.95. The van der Waals surface area contributed by atoms with E-state index in [9.17, 15) is 9.18 Å². The molecule has 0 aliphatic carbocycles. The van der Waals surface area contributed by atoms with Gasteiger partial charge in [0, 0.05) is 12.3 Å². The highest BCUT2D eigenvalue weighted by Crippen LogP contribution is 2.22. The largest absolute Gasteiger partial charge is 0.312 e. The first kappa shape index (κ1) is 16.1. The zero-order chi connectivity index (χ0) is 19.1. The molecule has 0 radical (unpaired) electrons. The van der Waals surface area contributed by atoms with Gasteiger partial charge in [-0.05, 0) is 36.4 Å². The van der Waals surface area contributed by atoms with Crippen molar-refractivity contribution >= 4 is 39.3 Å². The molecule has 7 nitrogen and oxygen atoms in total. The summed E-state index contributed by atoms with van der Waals surface area (Å²) in [5.41, 5.74) is 8.86. The maximum atomic E-state index is 13.6. The van der Waals surface area contributed by atoms with Crippen molar-refractivity contribution in [2.24, 2.45) is 0 Å². The summed E-state index contributed by atoms with van der Waals surface area (Å²) in [6, 6.07) is 15.4. The second-order valence-corrected chi connectivity index (χ2v) is 6.18. The van der Waals surface area contributed by atoms with Crippen LogP contribution in [0.3, 0.4) is 0 Å². The lowest BCUT2D eigenvalue weighted by Gasteiger charge is -2.11. The molecule has 5 aromatic rings. The van der Waals surface area contributed by atoms with E-state index in [1.165, 1.54) is 18.3 Å². The zero-order valence-electron chi connectivity index (χ0n) is 14.4. The minimum Gasteiger partial charge on any atom is -0.312 e. The quantitative estimate of drug-likeness (QED) is 0.475. The Kier molecular flexibility index (Phi) is 3.61. The van der Waals surface area contributed by atoms with Crippen molar-refractivity contribution in [3.8, 4) is 0 Å². The van der Waals surface area contributed by atoms with E-state index in [4.69, 9.17) is 0 Å². The van der Waals surface area contributed by atoms with E-state index in [1.807, 2.05) is 40.9 Å². The van der Waals surface area contributed by atoms with Crippen LogP contribution in [0.1, 0.15) is 10.5 Å². The van der Waals surface area contributed by atoms with Gasteiger partial charge < -0.3 is 4.40 Å². The fraction of sp³-hybridized carbons (Fsp3) is 0. The predicted octanol–water partition coefficient (Wildman–Crippen LogP) is 3.33. The smallest absolute Gasteiger partial charge is 0.289 e. The fourth-order valence-corrected chi connectivity index (χ4v) is 3.09. The Morgan fingerprint density at radius 2 is 1.79 bits per heavy atom. The van der Waals surface area contributed by atoms with E-state index in [1.54, 1.807) is 12.1 Å². The summed E-state index contributed by atoms with van der Waals surface area (Å²) < 4.78 is 15.5. The molecule has 0 spiro atoms. The first-order chi connectivity index (χ1) is 13.7. The number of fused-ring (bicyclic) bond motifs is 4. The van der Waals surface area contributed by atoms with Crippen molar-refractivity contribution in [3.63, 3.8) is 0 Å². The van der Waals surface area contributed by atoms with Crippen LogP contribution in [-0.2, 0) is 0 Å². The Labute approximate surface area is 157 Å². The lowest BCUT2D eigenvalue weighted by Crippen LogP contribution is -2.31. The summed E-state index contributed by atoms with van der Waals surface area (Å²) in [4.78, 5) is 25.5. The molecule has 0 unspecified atom stereocenters. The number of nitrogens with zero attached hydrogens (tertiary/aromatic N) is 4. The monoisotopic (exact) mass is 372 g/mol. The minimum atomic E-state index is -0.455. The second kappa shape index (κ2) is 6.27. The van der Waals surface area contributed by atoms with Gasteiger partial charge in [-0.2, -0.15) is 0 Å². The van der Waals surface area contributed by atoms with Crippen LogP contribution in [0.15, 0.2) is 67.0 Å². The number of benzene rings is 2. The standard InChI is InChI=1S/C20H13FN6O/c21-12-7-8-17-15(10-12)24-19(18-6-3-9-27(17)18)25-26-20(28)16-11-22-13-4-1-2-5-14(13)23-16/h1-11H,(H,24,25)(H,26,28). The van der Waals surface area contributed by atoms with Gasteiger partial charge in [0.1, 0.15) is 11.5 Å². The molecule has 136 valence electrons. The molecule has 0 fully saturated rings. The van der Waals surface area contributed by atoms with Crippen molar-refractivity contribution in [2.75, 3.05) is 5.43 Å². The summed E-state index contributed by atoms with van der Waals surface area (Å²) in [7, 11) is 0. The number of anilines is 1. The van der Waals surface area contributed by atoms with E-state index in [0.717, 1.165) is 11.0 Å². The van der Waals surface area contributed by atoms with Crippen LogP contribution in [0.4, 0.5) is 10.2 Å². The van der Waals surface area contributed by atoms with Gasteiger partial charge in [-0.1, -0.05) is 12.1 Å². The van der Waals surface area contributed by atoms with E-state index >= 15 is 0 Å². The lowest BCUT2D eigenvalue weighted by molar-refractivity contribution is 0.0957. The number of para-hydroxylation sites is 2. The molecule has 3 heterocycles. The molecule has 0 aliphatic rings. The third-order valence-electron chi connectivity index (χ3n) is 4.40. The molecule has 0 atom stereocenters. The van der Waals surface area contributed by atoms with Crippen molar-refractivity contribution in [3.05, 3.63) is 78.5 Å². The first-order valence-electron chi connectivity index (χ1n) is 8.53. The minimum absolute atomic E-state index is 0.171. The highest BCUT2D eigenvalue weighted by atomic mass is 19.1. The number of carbonyl (C=O) groups is 1. The molecule has 2 aromatic carbocycles. The van der Waals surface area contributed by atoms with Crippen molar-refractivity contribution in [1.29, 1.82) is 0 Å². The molecule has 0 saturated heterocycles. The maximum absolute atomic E-state index is 13.6. The van der Waals surface area contributed by atoms with Crippen LogP contribution in [-0.4, -0.2) is 25.3 Å². The van der Waals surface area contributed by atoms with Gasteiger partial charge in [0.2, 0.25) is 0 Å². The normalized spacial score (nSPS) is 11.2. The van der Waals surface area contributed by atoms with Gasteiger partial charge in [-0.3, -0.25) is 20.6 Å². The summed E-state index contributed by atoms with van der Waals surface area (Å²) in [6.07, 6.45) is 3.26. The molecule has 2 N–H and O–H groups in total. The number of nitrogens with one attached hydrogen (secondary N) is 2. The second-order valence-electron chi connectivity index (χ2n) is 6.18. The molecular formula is C20H13FN6O. The average molecular weight is 372 g/mol. The van der Waals surface area contributed by atoms with Crippen LogP contribution in [0.25, 0.3) is 27.6 Å². The molecule has 28 heavy (non-hydrogen) atoms. The molecule has 1 amide bonds. The Balaban J connectivity index is 1.47. The molecule has 0 saturated carbocycles. The number of rotatable bonds is 3. The van der Waals surface area contributed by atoms with Crippen LogP contribution in [0.5, 0.6) is 0 Å².